The van der Waals surface area contributed by atoms with Gasteiger partial charge in [0.15, 0.2) is 0 Å². The summed E-state index contributed by atoms with van der Waals surface area (Å²) in [4.78, 5) is 25.6. The highest BCUT2D eigenvalue weighted by Gasteiger charge is 2.27. The number of amides is 2. The first-order valence-electron chi connectivity index (χ1n) is 10.7. The zero-order valence-corrected chi connectivity index (χ0v) is 21.3. The second-order valence-corrected chi connectivity index (χ2v) is 10.4. The van der Waals surface area contributed by atoms with E-state index in [2.05, 4.69) is 26.6 Å². The Bertz CT molecular complexity index is 1260. The number of nitrogens with one attached hydrogen (secondary N) is 2. The van der Waals surface area contributed by atoms with Gasteiger partial charge in [-0.05, 0) is 61.9 Å². The number of benzene rings is 3. The quantitative estimate of drug-likeness (QED) is 0.407. The molecule has 0 fully saturated rings. The van der Waals surface area contributed by atoms with Crippen LogP contribution in [0.25, 0.3) is 0 Å². The summed E-state index contributed by atoms with van der Waals surface area (Å²) in [6.07, 6.45) is 0.777. The van der Waals surface area contributed by atoms with Crippen LogP contribution >= 0.6 is 15.9 Å². The van der Waals surface area contributed by atoms with E-state index >= 15 is 0 Å². The maximum Gasteiger partial charge on any atom is 0.264 e. The summed E-state index contributed by atoms with van der Waals surface area (Å²) >= 11 is 3.35. The molecular formula is C25H26BrN3O4S. The van der Waals surface area contributed by atoms with Gasteiger partial charge in [0.2, 0.25) is 5.91 Å². The molecule has 0 radical (unpaired) electrons. The van der Waals surface area contributed by atoms with E-state index in [1.54, 1.807) is 60.7 Å². The molecule has 9 heteroatoms. The number of rotatable bonds is 9. The van der Waals surface area contributed by atoms with Crippen molar-refractivity contribution in [2.45, 2.75) is 25.2 Å². The molecule has 0 aromatic heterocycles. The highest BCUT2D eigenvalue weighted by atomic mass is 79.9. The number of aryl methyl sites for hydroxylation is 1. The zero-order chi connectivity index (χ0) is 24.7. The van der Waals surface area contributed by atoms with Crippen LogP contribution in [0.15, 0.2) is 82.2 Å². The molecular weight excluding hydrogens is 518 g/mol. The van der Waals surface area contributed by atoms with E-state index in [9.17, 15) is 18.0 Å². The molecule has 0 spiro atoms. The van der Waals surface area contributed by atoms with Crippen molar-refractivity contribution in [3.8, 4) is 0 Å². The van der Waals surface area contributed by atoms with Crippen molar-refractivity contribution in [3.05, 3.63) is 88.4 Å². The van der Waals surface area contributed by atoms with E-state index in [1.165, 1.54) is 12.1 Å². The number of anilines is 2. The fourth-order valence-electron chi connectivity index (χ4n) is 3.20. The molecule has 0 aliphatic carbocycles. The van der Waals surface area contributed by atoms with Gasteiger partial charge in [0.25, 0.3) is 15.9 Å². The Morgan fingerprint density at radius 2 is 1.59 bits per heavy atom. The van der Waals surface area contributed by atoms with Crippen molar-refractivity contribution >= 4 is 49.1 Å². The van der Waals surface area contributed by atoms with Crippen LogP contribution in [0.1, 0.15) is 29.3 Å². The lowest BCUT2D eigenvalue weighted by molar-refractivity contribution is -0.114. The molecule has 3 rings (SSSR count). The maximum atomic E-state index is 13.5. The molecule has 0 aliphatic rings. The molecule has 2 N–H and O–H groups in total. The maximum absolute atomic E-state index is 13.5. The van der Waals surface area contributed by atoms with Gasteiger partial charge in [0.05, 0.1) is 21.8 Å². The normalized spacial score (nSPS) is 11.0. The Balaban J connectivity index is 1.91. The minimum Gasteiger partial charge on any atom is -0.352 e. The van der Waals surface area contributed by atoms with Gasteiger partial charge in [-0.3, -0.25) is 13.9 Å². The third-order valence-corrected chi connectivity index (χ3v) is 7.31. The van der Waals surface area contributed by atoms with E-state index in [0.717, 1.165) is 20.8 Å². The first kappa shape index (κ1) is 25.5. The van der Waals surface area contributed by atoms with Crippen molar-refractivity contribution in [2.24, 2.45) is 0 Å². The molecule has 0 aliphatic heterocycles. The summed E-state index contributed by atoms with van der Waals surface area (Å²) < 4.78 is 28.8. The molecule has 2 amide bonds. The molecule has 178 valence electrons. The number of para-hydroxylation sites is 1. The topological polar surface area (TPSA) is 95.6 Å². The van der Waals surface area contributed by atoms with Crippen molar-refractivity contribution in [1.29, 1.82) is 0 Å². The lowest BCUT2D eigenvalue weighted by Crippen LogP contribution is -2.38. The second kappa shape index (κ2) is 11.3. The zero-order valence-electron chi connectivity index (χ0n) is 18.9. The molecule has 7 nitrogen and oxygen atoms in total. The van der Waals surface area contributed by atoms with Gasteiger partial charge in [-0.2, -0.15) is 0 Å². The van der Waals surface area contributed by atoms with E-state index < -0.39 is 22.5 Å². The van der Waals surface area contributed by atoms with E-state index in [1.807, 2.05) is 13.8 Å². The van der Waals surface area contributed by atoms with Crippen molar-refractivity contribution in [1.82, 2.24) is 5.32 Å². The molecule has 0 atom stereocenters. The van der Waals surface area contributed by atoms with Crippen LogP contribution in [0.4, 0.5) is 11.4 Å². The van der Waals surface area contributed by atoms with Crippen molar-refractivity contribution < 1.29 is 18.0 Å². The number of sulfonamides is 1. The van der Waals surface area contributed by atoms with Crippen LogP contribution in [0.2, 0.25) is 0 Å². The Kier molecular flexibility index (Phi) is 8.46. The average molecular weight is 544 g/mol. The van der Waals surface area contributed by atoms with Gasteiger partial charge in [0.1, 0.15) is 6.54 Å². The third kappa shape index (κ3) is 6.24. The Morgan fingerprint density at radius 3 is 2.24 bits per heavy atom. The molecule has 0 unspecified atom stereocenters. The second-order valence-electron chi connectivity index (χ2n) is 7.65. The first-order valence-corrected chi connectivity index (χ1v) is 13.0. The predicted molar refractivity (Wildman–Crippen MR) is 138 cm³/mol. The van der Waals surface area contributed by atoms with Crippen LogP contribution in [0.3, 0.4) is 0 Å². The van der Waals surface area contributed by atoms with Gasteiger partial charge < -0.3 is 10.6 Å². The van der Waals surface area contributed by atoms with E-state index in [4.69, 9.17) is 0 Å². The molecule has 0 saturated heterocycles. The third-order valence-electron chi connectivity index (χ3n) is 4.99. The van der Waals surface area contributed by atoms with Gasteiger partial charge >= 0.3 is 0 Å². The molecule has 3 aromatic carbocycles. The molecule has 3 aromatic rings. The SMILES string of the molecule is CCCNC(=O)c1ccccc1NC(=O)CN(c1ccc(Br)cc1)S(=O)(=O)c1ccc(C)cc1. The minimum atomic E-state index is -4.03. The van der Waals surface area contributed by atoms with Crippen LogP contribution in [-0.2, 0) is 14.8 Å². The highest BCUT2D eigenvalue weighted by Crippen LogP contribution is 2.26. The number of halogens is 1. The minimum absolute atomic E-state index is 0.0770. The lowest BCUT2D eigenvalue weighted by atomic mass is 10.1. The number of carbonyl (C=O) groups is 2. The van der Waals surface area contributed by atoms with Crippen LogP contribution < -0.4 is 14.9 Å². The molecule has 34 heavy (non-hydrogen) atoms. The average Bonchev–Trinajstić information content (AvgIpc) is 2.82. The molecule has 0 heterocycles. The van der Waals surface area contributed by atoms with E-state index in [0.29, 0.717) is 23.5 Å². The fraction of sp³-hybridized carbons (Fsp3) is 0.200. The summed E-state index contributed by atoms with van der Waals surface area (Å²) in [5.74, 6) is -0.885. The Labute approximate surface area is 208 Å². The summed E-state index contributed by atoms with van der Waals surface area (Å²) in [5.41, 5.74) is 1.88. The summed E-state index contributed by atoms with van der Waals surface area (Å²) in [7, 11) is -4.03. The van der Waals surface area contributed by atoms with Crippen molar-refractivity contribution in [2.75, 3.05) is 22.7 Å². The largest absolute Gasteiger partial charge is 0.352 e. The van der Waals surface area contributed by atoms with Gasteiger partial charge in [-0.1, -0.05) is 52.7 Å². The predicted octanol–water partition coefficient (Wildman–Crippen LogP) is 4.73. The molecule has 0 saturated carbocycles. The van der Waals surface area contributed by atoms with Crippen LogP contribution in [0, 0.1) is 6.92 Å². The number of carbonyl (C=O) groups excluding carboxylic acids is 2. The molecule has 0 bridgehead atoms. The van der Waals surface area contributed by atoms with Crippen LogP contribution in [0.5, 0.6) is 0 Å². The van der Waals surface area contributed by atoms with E-state index in [-0.39, 0.29) is 10.8 Å². The Hall–Kier alpha value is -3.17. The Morgan fingerprint density at radius 1 is 0.941 bits per heavy atom. The van der Waals surface area contributed by atoms with Gasteiger partial charge in [0, 0.05) is 11.0 Å². The van der Waals surface area contributed by atoms with Crippen LogP contribution in [-0.4, -0.2) is 33.3 Å². The summed E-state index contributed by atoms with van der Waals surface area (Å²) in [6.45, 7) is 3.85. The monoisotopic (exact) mass is 543 g/mol. The highest BCUT2D eigenvalue weighted by molar-refractivity contribution is 9.10. The number of hydrogen-bond acceptors (Lipinski definition) is 4. The van der Waals surface area contributed by atoms with Crippen molar-refractivity contribution in [3.63, 3.8) is 0 Å². The number of nitrogens with zero attached hydrogens (tertiary/aromatic N) is 1. The lowest BCUT2D eigenvalue weighted by Gasteiger charge is -2.24. The standard InChI is InChI=1S/C25H26BrN3O4S/c1-3-16-27-25(31)22-6-4-5-7-23(22)28-24(30)17-29(20-12-10-19(26)11-13-20)34(32,33)21-14-8-18(2)9-15-21/h4-15H,3,16-17H2,1-2H3,(H,27,31)(H,28,30). The smallest absolute Gasteiger partial charge is 0.264 e. The van der Waals surface area contributed by atoms with Gasteiger partial charge in [-0.25, -0.2) is 8.42 Å². The summed E-state index contributed by atoms with van der Waals surface area (Å²) in [6, 6.07) is 19.7. The summed E-state index contributed by atoms with van der Waals surface area (Å²) in [5, 5.41) is 5.48. The fourth-order valence-corrected chi connectivity index (χ4v) is 4.89. The van der Waals surface area contributed by atoms with Gasteiger partial charge in [-0.15, -0.1) is 0 Å². The first-order chi connectivity index (χ1) is 16.2. The number of hydrogen-bond donors (Lipinski definition) is 2.